The number of aromatic amines is 1. The molecule has 7 nitrogen and oxygen atoms in total. The van der Waals surface area contributed by atoms with Gasteiger partial charge in [0.2, 0.25) is 0 Å². The second kappa shape index (κ2) is 8.18. The van der Waals surface area contributed by atoms with Crippen molar-refractivity contribution in [3.05, 3.63) is 65.9 Å². The molecule has 0 saturated heterocycles. The van der Waals surface area contributed by atoms with Gasteiger partial charge < -0.3 is 20.4 Å². The van der Waals surface area contributed by atoms with Gasteiger partial charge in [0.25, 0.3) is 11.8 Å². The number of benzene rings is 2. The van der Waals surface area contributed by atoms with Crippen LogP contribution in [0.15, 0.2) is 54.7 Å². The van der Waals surface area contributed by atoms with Gasteiger partial charge in [0.1, 0.15) is 0 Å². The van der Waals surface area contributed by atoms with Gasteiger partial charge in [0.15, 0.2) is 6.61 Å². The summed E-state index contributed by atoms with van der Waals surface area (Å²) in [4.78, 5) is 38.7. The SMILES string of the molecule is CNC(=O)c1cccc(NC(=O)COC(=O)Cc2c[nH]c3ccccc23)c1. The summed E-state index contributed by atoms with van der Waals surface area (Å²) in [7, 11) is 1.53. The van der Waals surface area contributed by atoms with Gasteiger partial charge in [0, 0.05) is 35.4 Å². The van der Waals surface area contributed by atoms with E-state index >= 15 is 0 Å². The summed E-state index contributed by atoms with van der Waals surface area (Å²) in [5.74, 6) is -1.22. The molecule has 7 heteroatoms. The molecule has 3 N–H and O–H groups in total. The molecule has 3 rings (SSSR count). The Morgan fingerprint density at radius 2 is 1.89 bits per heavy atom. The van der Waals surface area contributed by atoms with Crippen LogP contribution in [-0.4, -0.2) is 36.4 Å². The number of para-hydroxylation sites is 1. The lowest BCUT2D eigenvalue weighted by Crippen LogP contribution is -2.22. The van der Waals surface area contributed by atoms with Crippen LogP contribution in [0.1, 0.15) is 15.9 Å². The van der Waals surface area contributed by atoms with Gasteiger partial charge in [-0.25, -0.2) is 0 Å². The third kappa shape index (κ3) is 4.52. The number of esters is 1. The Hall–Kier alpha value is -3.61. The largest absolute Gasteiger partial charge is 0.455 e. The Bertz CT molecular complexity index is 994. The van der Waals surface area contributed by atoms with Gasteiger partial charge in [-0.2, -0.15) is 0 Å². The van der Waals surface area contributed by atoms with Crippen molar-refractivity contribution in [2.24, 2.45) is 0 Å². The molecule has 0 unspecified atom stereocenters. The molecule has 27 heavy (non-hydrogen) atoms. The van der Waals surface area contributed by atoms with E-state index < -0.39 is 18.5 Å². The van der Waals surface area contributed by atoms with E-state index in [2.05, 4.69) is 15.6 Å². The third-order valence-electron chi connectivity index (χ3n) is 4.01. The molecule has 0 bridgehead atoms. The Labute approximate surface area is 155 Å². The third-order valence-corrected chi connectivity index (χ3v) is 4.01. The van der Waals surface area contributed by atoms with Crippen molar-refractivity contribution < 1.29 is 19.1 Å². The first kappa shape index (κ1) is 18.2. The minimum Gasteiger partial charge on any atom is -0.455 e. The van der Waals surface area contributed by atoms with Crippen LogP contribution in [-0.2, 0) is 20.7 Å². The lowest BCUT2D eigenvalue weighted by Gasteiger charge is -2.08. The fraction of sp³-hybridized carbons (Fsp3) is 0.150. The highest BCUT2D eigenvalue weighted by Gasteiger charge is 2.12. The number of anilines is 1. The van der Waals surface area contributed by atoms with Crippen LogP contribution in [0.5, 0.6) is 0 Å². The summed E-state index contributed by atoms with van der Waals surface area (Å²) in [6.45, 7) is -0.397. The van der Waals surface area contributed by atoms with Gasteiger partial charge in [-0.05, 0) is 29.8 Å². The van der Waals surface area contributed by atoms with E-state index in [1.807, 2.05) is 24.3 Å². The smallest absolute Gasteiger partial charge is 0.310 e. The lowest BCUT2D eigenvalue weighted by molar-refractivity contribution is -0.146. The van der Waals surface area contributed by atoms with Gasteiger partial charge in [-0.1, -0.05) is 24.3 Å². The number of hydrogen-bond acceptors (Lipinski definition) is 4. The first-order chi connectivity index (χ1) is 13.1. The molecule has 0 spiro atoms. The van der Waals surface area contributed by atoms with E-state index in [1.165, 1.54) is 7.05 Å². The van der Waals surface area contributed by atoms with Crippen LogP contribution >= 0.6 is 0 Å². The van der Waals surface area contributed by atoms with Crippen LogP contribution in [0.25, 0.3) is 10.9 Å². The number of nitrogens with one attached hydrogen (secondary N) is 3. The summed E-state index contributed by atoms with van der Waals surface area (Å²) in [5.41, 5.74) is 2.63. The number of carbonyl (C=O) groups is 3. The molecule has 0 aliphatic carbocycles. The molecule has 0 radical (unpaired) electrons. The fourth-order valence-corrected chi connectivity index (χ4v) is 2.71. The van der Waals surface area contributed by atoms with Gasteiger partial charge >= 0.3 is 5.97 Å². The zero-order valence-electron chi connectivity index (χ0n) is 14.7. The molecule has 1 aromatic heterocycles. The van der Waals surface area contributed by atoms with E-state index in [4.69, 9.17) is 4.74 Å². The van der Waals surface area contributed by atoms with Crippen molar-refractivity contribution in [1.29, 1.82) is 0 Å². The maximum atomic E-state index is 12.0. The molecule has 2 aromatic carbocycles. The molecular weight excluding hydrogens is 346 g/mol. The zero-order chi connectivity index (χ0) is 19.2. The van der Waals surface area contributed by atoms with E-state index in [0.29, 0.717) is 11.3 Å². The normalized spacial score (nSPS) is 10.4. The Balaban J connectivity index is 1.53. The first-order valence-electron chi connectivity index (χ1n) is 8.39. The van der Waals surface area contributed by atoms with Crippen molar-refractivity contribution >= 4 is 34.4 Å². The minimum absolute atomic E-state index is 0.0729. The fourth-order valence-electron chi connectivity index (χ4n) is 2.71. The summed E-state index contributed by atoms with van der Waals surface area (Å²) >= 11 is 0. The molecule has 0 aliphatic rings. The molecule has 138 valence electrons. The van der Waals surface area contributed by atoms with Crippen molar-refractivity contribution in [2.45, 2.75) is 6.42 Å². The molecule has 0 aliphatic heterocycles. The highest BCUT2D eigenvalue weighted by molar-refractivity contribution is 5.97. The lowest BCUT2D eigenvalue weighted by atomic mass is 10.1. The number of carbonyl (C=O) groups excluding carboxylic acids is 3. The Morgan fingerprint density at radius 1 is 1.07 bits per heavy atom. The van der Waals surface area contributed by atoms with Crippen molar-refractivity contribution in [3.8, 4) is 0 Å². The van der Waals surface area contributed by atoms with Crippen molar-refractivity contribution in [3.63, 3.8) is 0 Å². The van der Waals surface area contributed by atoms with E-state index in [0.717, 1.165) is 16.5 Å². The second-order valence-electron chi connectivity index (χ2n) is 5.91. The highest BCUT2D eigenvalue weighted by atomic mass is 16.5. The number of amides is 2. The number of H-pyrrole nitrogens is 1. The monoisotopic (exact) mass is 365 g/mol. The second-order valence-corrected chi connectivity index (χ2v) is 5.91. The summed E-state index contributed by atoms with van der Waals surface area (Å²) in [6.07, 6.45) is 1.83. The van der Waals surface area contributed by atoms with Crippen LogP contribution in [0.4, 0.5) is 5.69 Å². The molecule has 0 atom stereocenters. The molecule has 0 saturated carbocycles. The average molecular weight is 365 g/mol. The number of fused-ring (bicyclic) bond motifs is 1. The molecular formula is C20H19N3O4. The number of ether oxygens (including phenoxy) is 1. The number of hydrogen-bond donors (Lipinski definition) is 3. The van der Waals surface area contributed by atoms with Crippen LogP contribution in [0, 0.1) is 0 Å². The van der Waals surface area contributed by atoms with Crippen LogP contribution in [0.3, 0.4) is 0 Å². The van der Waals surface area contributed by atoms with E-state index in [9.17, 15) is 14.4 Å². The van der Waals surface area contributed by atoms with Crippen molar-refractivity contribution in [2.75, 3.05) is 19.0 Å². The predicted molar refractivity (Wildman–Crippen MR) is 101 cm³/mol. The quantitative estimate of drug-likeness (QED) is 0.583. The van der Waals surface area contributed by atoms with Crippen LogP contribution in [0.2, 0.25) is 0 Å². The standard InChI is InChI=1S/C20H19N3O4/c1-21-20(26)13-5-4-6-15(9-13)23-18(24)12-27-19(25)10-14-11-22-17-8-3-2-7-16(14)17/h2-9,11,22H,10,12H2,1H3,(H,21,26)(H,23,24). The summed E-state index contributed by atoms with van der Waals surface area (Å²) < 4.78 is 5.05. The molecule has 2 amide bonds. The average Bonchev–Trinajstić information content (AvgIpc) is 3.09. The van der Waals surface area contributed by atoms with Gasteiger partial charge in [0.05, 0.1) is 6.42 Å². The predicted octanol–water partition coefficient (Wildman–Crippen LogP) is 2.25. The van der Waals surface area contributed by atoms with E-state index in [1.54, 1.807) is 30.5 Å². The summed E-state index contributed by atoms with van der Waals surface area (Å²) in [6, 6.07) is 14.1. The topological polar surface area (TPSA) is 100 Å². The minimum atomic E-state index is -0.492. The summed E-state index contributed by atoms with van der Waals surface area (Å²) in [5, 5.41) is 6.06. The first-order valence-corrected chi connectivity index (χ1v) is 8.39. The zero-order valence-corrected chi connectivity index (χ0v) is 14.7. The maximum absolute atomic E-state index is 12.0. The van der Waals surface area contributed by atoms with E-state index in [-0.39, 0.29) is 12.3 Å². The molecule has 3 aromatic rings. The van der Waals surface area contributed by atoms with Gasteiger partial charge in [-0.3, -0.25) is 14.4 Å². The van der Waals surface area contributed by atoms with Crippen molar-refractivity contribution in [1.82, 2.24) is 10.3 Å². The Morgan fingerprint density at radius 3 is 2.70 bits per heavy atom. The van der Waals surface area contributed by atoms with Gasteiger partial charge in [-0.15, -0.1) is 0 Å². The number of rotatable bonds is 6. The Kier molecular flexibility index (Phi) is 5.51. The molecule has 1 heterocycles. The number of aromatic nitrogens is 1. The maximum Gasteiger partial charge on any atom is 0.310 e. The van der Waals surface area contributed by atoms with Crippen LogP contribution < -0.4 is 10.6 Å². The highest BCUT2D eigenvalue weighted by Crippen LogP contribution is 2.18. The molecule has 0 fully saturated rings.